The second-order valence-electron chi connectivity index (χ2n) is 7.91. The molecule has 2 aliphatic rings. The predicted octanol–water partition coefficient (Wildman–Crippen LogP) is 0.380. The van der Waals surface area contributed by atoms with Gasteiger partial charge in [-0.15, -0.1) is 0 Å². The van der Waals surface area contributed by atoms with Gasteiger partial charge in [0.2, 0.25) is 11.7 Å². The van der Waals surface area contributed by atoms with Crippen molar-refractivity contribution in [3.63, 3.8) is 0 Å². The highest BCUT2D eigenvalue weighted by Crippen LogP contribution is 2.40. The van der Waals surface area contributed by atoms with E-state index in [1.807, 2.05) is 6.92 Å². The number of fused-ring (bicyclic) bond motifs is 1. The van der Waals surface area contributed by atoms with Gasteiger partial charge in [-0.25, -0.2) is 9.97 Å². The van der Waals surface area contributed by atoms with Gasteiger partial charge in [-0.1, -0.05) is 0 Å². The van der Waals surface area contributed by atoms with Crippen molar-refractivity contribution in [3.8, 4) is 0 Å². The molecule has 28 heavy (non-hydrogen) atoms. The minimum Gasteiger partial charge on any atom is -0.388 e. The summed E-state index contributed by atoms with van der Waals surface area (Å²) in [5.74, 6) is 0.151. The molecule has 4 rings (SSSR count). The predicted molar refractivity (Wildman–Crippen MR) is 99.7 cm³/mol. The molecule has 0 saturated carbocycles. The molecule has 2 aromatic rings. The van der Waals surface area contributed by atoms with Crippen molar-refractivity contribution in [1.82, 2.24) is 24.6 Å². The molecule has 1 spiro atoms. The third-order valence-corrected chi connectivity index (χ3v) is 5.93. The summed E-state index contributed by atoms with van der Waals surface area (Å²) in [6.07, 6.45) is 5.82. The van der Waals surface area contributed by atoms with Crippen LogP contribution in [0, 0.1) is 0 Å². The van der Waals surface area contributed by atoms with E-state index in [2.05, 4.69) is 15.3 Å². The maximum atomic E-state index is 12.9. The molecular formula is C19H25N5O4. The van der Waals surface area contributed by atoms with Crippen LogP contribution >= 0.6 is 0 Å². The van der Waals surface area contributed by atoms with Crippen LogP contribution in [0.1, 0.15) is 43.6 Å². The topological polar surface area (TPSA) is 109 Å². The number of hydrogen-bond donors (Lipinski definition) is 2. The molecule has 2 saturated heterocycles. The number of aliphatic hydroxyl groups excluding tert-OH is 1. The van der Waals surface area contributed by atoms with Crippen LogP contribution in [0.25, 0.3) is 5.78 Å². The molecule has 150 valence electrons. The average Bonchev–Trinajstić information content (AvgIpc) is 3.10. The third kappa shape index (κ3) is 3.14. The molecule has 2 aromatic heterocycles. The zero-order valence-electron chi connectivity index (χ0n) is 16.1. The number of carbonyl (C=O) groups excluding carboxylic acids is 2. The van der Waals surface area contributed by atoms with E-state index in [-0.39, 0.29) is 11.8 Å². The lowest BCUT2D eigenvalue weighted by atomic mass is 9.73. The van der Waals surface area contributed by atoms with Crippen molar-refractivity contribution in [3.05, 3.63) is 30.4 Å². The van der Waals surface area contributed by atoms with Gasteiger partial charge in [0.15, 0.2) is 0 Å². The average molecular weight is 387 g/mol. The number of piperidine rings is 1. The van der Waals surface area contributed by atoms with Crippen molar-refractivity contribution in [1.29, 1.82) is 0 Å². The Morgan fingerprint density at radius 3 is 2.75 bits per heavy atom. The van der Waals surface area contributed by atoms with Gasteiger partial charge >= 0.3 is 0 Å². The Balaban J connectivity index is 1.47. The largest absolute Gasteiger partial charge is 0.388 e. The molecule has 0 bridgehead atoms. The number of amides is 2. The summed E-state index contributed by atoms with van der Waals surface area (Å²) in [7, 11) is 0. The summed E-state index contributed by atoms with van der Waals surface area (Å²) in [6.45, 7) is 4.66. The van der Waals surface area contributed by atoms with Crippen LogP contribution in [0.2, 0.25) is 0 Å². The van der Waals surface area contributed by atoms with Crippen LogP contribution < -0.4 is 5.32 Å². The fourth-order valence-corrected chi connectivity index (χ4v) is 4.40. The standard InChI is InChI=1S/C19H25N5O4/c1-13(25)22-18(2)6-11-28-19(16(18)27)4-9-23(10-5-19)15(26)14-12-24-8-3-7-20-17(24)21-14/h3,7-8,12,16,27H,4-6,9-11H2,1-2H3,(H,22,25)/t16-,18+/m0/s1. The molecule has 2 amide bonds. The Hall–Kier alpha value is -2.52. The summed E-state index contributed by atoms with van der Waals surface area (Å²) >= 11 is 0. The van der Waals surface area contributed by atoms with E-state index in [9.17, 15) is 14.7 Å². The Kier molecular flexibility index (Phi) is 4.59. The molecule has 2 fully saturated rings. The van der Waals surface area contributed by atoms with Crippen LogP contribution in [-0.4, -0.2) is 73.1 Å². The lowest BCUT2D eigenvalue weighted by Gasteiger charge is -2.53. The van der Waals surface area contributed by atoms with Gasteiger partial charge in [0.25, 0.3) is 5.91 Å². The van der Waals surface area contributed by atoms with Crippen molar-refractivity contribution in [2.75, 3.05) is 19.7 Å². The van der Waals surface area contributed by atoms with E-state index in [0.29, 0.717) is 50.4 Å². The Bertz CT molecular complexity index is 872. The SMILES string of the molecule is CC(=O)N[C@]1(C)CCOC2(CCN(C(=O)c3cn4cccnc4n3)CC2)[C@H]1O. The second-order valence-corrected chi connectivity index (χ2v) is 7.91. The number of ether oxygens (including phenoxy) is 1. The number of nitrogens with zero attached hydrogens (tertiary/aromatic N) is 4. The van der Waals surface area contributed by atoms with E-state index in [0.717, 1.165) is 0 Å². The van der Waals surface area contributed by atoms with Gasteiger partial charge in [0, 0.05) is 45.2 Å². The first kappa shape index (κ1) is 18.8. The van der Waals surface area contributed by atoms with E-state index in [1.165, 1.54) is 6.92 Å². The number of carbonyl (C=O) groups is 2. The monoisotopic (exact) mass is 387 g/mol. The van der Waals surface area contributed by atoms with E-state index < -0.39 is 17.2 Å². The highest BCUT2D eigenvalue weighted by molar-refractivity contribution is 5.92. The first-order valence-corrected chi connectivity index (χ1v) is 9.53. The smallest absolute Gasteiger partial charge is 0.274 e. The summed E-state index contributed by atoms with van der Waals surface area (Å²) in [6, 6.07) is 1.78. The van der Waals surface area contributed by atoms with Gasteiger partial charge in [0.05, 0.1) is 11.1 Å². The molecule has 9 nitrogen and oxygen atoms in total. The van der Waals surface area contributed by atoms with Crippen LogP contribution in [0.3, 0.4) is 0 Å². The molecule has 2 atom stereocenters. The maximum absolute atomic E-state index is 12.9. The first-order chi connectivity index (χ1) is 13.3. The molecule has 2 aliphatic heterocycles. The molecule has 0 unspecified atom stereocenters. The lowest BCUT2D eigenvalue weighted by Crippen LogP contribution is -2.69. The van der Waals surface area contributed by atoms with Crippen molar-refractivity contribution in [2.45, 2.75) is 50.4 Å². The van der Waals surface area contributed by atoms with Gasteiger partial charge in [-0.3, -0.25) is 14.0 Å². The molecule has 2 N–H and O–H groups in total. The highest BCUT2D eigenvalue weighted by atomic mass is 16.5. The Morgan fingerprint density at radius 2 is 2.07 bits per heavy atom. The van der Waals surface area contributed by atoms with Crippen LogP contribution in [-0.2, 0) is 9.53 Å². The number of nitrogens with one attached hydrogen (secondary N) is 1. The normalized spacial score (nSPS) is 27.1. The van der Waals surface area contributed by atoms with Gasteiger partial charge in [0.1, 0.15) is 11.8 Å². The molecule has 4 heterocycles. The van der Waals surface area contributed by atoms with Crippen LogP contribution in [0.5, 0.6) is 0 Å². The van der Waals surface area contributed by atoms with E-state index >= 15 is 0 Å². The molecular weight excluding hydrogens is 362 g/mol. The Morgan fingerprint density at radius 1 is 1.32 bits per heavy atom. The van der Waals surface area contributed by atoms with Gasteiger partial charge in [-0.05, 0) is 32.3 Å². The number of aromatic nitrogens is 3. The van der Waals surface area contributed by atoms with E-state index in [4.69, 9.17) is 4.74 Å². The highest BCUT2D eigenvalue weighted by Gasteiger charge is 2.54. The number of imidazole rings is 1. The third-order valence-electron chi connectivity index (χ3n) is 5.93. The number of aliphatic hydroxyl groups is 1. The summed E-state index contributed by atoms with van der Waals surface area (Å²) in [4.78, 5) is 34.6. The van der Waals surface area contributed by atoms with Gasteiger partial charge < -0.3 is 20.1 Å². The molecule has 0 aromatic carbocycles. The zero-order valence-corrected chi connectivity index (χ0v) is 16.1. The summed E-state index contributed by atoms with van der Waals surface area (Å²) in [5, 5.41) is 13.9. The maximum Gasteiger partial charge on any atom is 0.274 e. The zero-order chi connectivity index (χ0) is 19.9. The first-order valence-electron chi connectivity index (χ1n) is 9.53. The number of hydrogen-bond acceptors (Lipinski definition) is 6. The van der Waals surface area contributed by atoms with Crippen LogP contribution in [0.15, 0.2) is 24.7 Å². The summed E-state index contributed by atoms with van der Waals surface area (Å²) < 4.78 is 7.72. The van der Waals surface area contributed by atoms with Crippen molar-refractivity contribution >= 4 is 17.6 Å². The fourth-order valence-electron chi connectivity index (χ4n) is 4.40. The summed E-state index contributed by atoms with van der Waals surface area (Å²) in [5.41, 5.74) is -1.14. The lowest BCUT2D eigenvalue weighted by molar-refractivity contribution is -0.205. The number of rotatable bonds is 2. The second kappa shape index (κ2) is 6.82. The minimum atomic E-state index is -0.839. The fraction of sp³-hybridized carbons (Fsp3) is 0.579. The molecule has 9 heteroatoms. The molecule has 0 aliphatic carbocycles. The van der Waals surface area contributed by atoms with E-state index in [1.54, 1.807) is 34.0 Å². The minimum absolute atomic E-state index is 0.157. The van der Waals surface area contributed by atoms with Crippen molar-refractivity contribution in [2.24, 2.45) is 0 Å². The number of likely N-dealkylation sites (tertiary alicyclic amines) is 1. The molecule has 0 radical (unpaired) electrons. The van der Waals surface area contributed by atoms with Gasteiger partial charge in [-0.2, -0.15) is 0 Å². The quantitative estimate of drug-likeness (QED) is 0.771. The Labute approximate surface area is 162 Å². The van der Waals surface area contributed by atoms with Crippen LogP contribution in [0.4, 0.5) is 0 Å². The van der Waals surface area contributed by atoms with Crippen molar-refractivity contribution < 1.29 is 19.4 Å².